The Morgan fingerprint density at radius 1 is 1.43 bits per heavy atom. The van der Waals surface area contributed by atoms with Gasteiger partial charge in [-0.3, -0.25) is 0 Å². The highest BCUT2D eigenvalue weighted by Crippen LogP contribution is 2.14. The molecule has 0 fully saturated rings. The molecule has 0 bridgehead atoms. The summed E-state index contributed by atoms with van der Waals surface area (Å²) in [4.78, 5) is 0. The van der Waals surface area contributed by atoms with Gasteiger partial charge in [-0.15, -0.1) is 0 Å². The van der Waals surface area contributed by atoms with Gasteiger partial charge >= 0.3 is 0 Å². The molecule has 1 rings (SSSR count). The number of rotatable bonds is 3. The fraction of sp³-hybridized carbons (Fsp3) is 0.400. The molecule has 4 heteroatoms. The quantitative estimate of drug-likeness (QED) is 0.751. The van der Waals surface area contributed by atoms with Gasteiger partial charge in [0.15, 0.2) is 0 Å². The highest BCUT2D eigenvalue weighted by molar-refractivity contribution is 8.14. The Labute approximate surface area is 89.3 Å². The third-order valence-corrected chi connectivity index (χ3v) is 4.13. The third-order valence-electron chi connectivity index (χ3n) is 2.09. The van der Waals surface area contributed by atoms with Crippen molar-refractivity contribution in [3.8, 4) is 0 Å². The van der Waals surface area contributed by atoms with Crippen molar-refractivity contribution in [2.24, 2.45) is 0 Å². The standard InChI is InChI=1S/C10H13ClO2S/c1-8-4-3-5-10(6-8)7-9(2)14(11,12)13/h3-6,9H,7H2,1-2H3. The number of hydrogen-bond acceptors (Lipinski definition) is 2. The van der Waals surface area contributed by atoms with E-state index >= 15 is 0 Å². The van der Waals surface area contributed by atoms with Crippen molar-refractivity contribution in [2.45, 2.75) is 25.5 Å². The second kappa shape index (κ2) is 4.32. The van der Waals surface area contributed by atoms with Crippen LogP contribution in [0.4, 0.5) is 0 Å². The van der Waals surface area contributed by atoms with Crippen LogP contribution < -0.4 is 0 Å². The van der Waals surface area contributed by atoms with Crippen molar-refractivity contribution in [3.63, 3.8) is 0 Å². The normalized spacial score (nSPS) is 13.9. The Morgan fingerprint density at radius 3 is 2.57 bits per heavy atom. The molecule has 0 aliphatic heterocycles. The van der Waals surface area contributed by atoms with E-state index in [0.717, 1.165) is 11.1 Å². The Bertz CT molecular complexity index is 412. The van der Waals surface area contributed by atoms with Crippen molar-refractivity contribution >= 4 is 19.7 Å². The van der Waals surface area contributed by atoms with Crippen LogP contribution >= 0.6 is 10.7 Å². The van der Waals surface area contributed by atoms with Gasteiger partial charge < -0.3 is 0 Å². The molecule has 2 nitrogen and oxygen atoms in total. The predicted octanol–water partition coefficient (Wildman–Crippen LogP) is 2.49. The SMILES string of the molecule is Cc1cccc(CC(C)S(=O)(=O)Cl)c1. The summed E-state index contributed by atoms with van der Waals surface area (Å²) in [7, 11) is 1.80. The summed E-state index contributed by atoms with van der Waals surface area (Å²) in [5.41, 5.74) is 2.13. The Kier molecular flexibility index (Phi) is 3.56. The molecule has 0 amide bonds. The summed E-state index contributed by atoms with van der Waals surface area (Å²) in [6, 6.07) is 7.77. The molecule has 1 unspecified atom stereocenters. The first-order chi connectivity index (χ1) is 6.39. The Hall–Kier alpha value is -0.540. The van der Waals surface area contributed by atoms with Gasteiger partial charge in [0.1, 0.15) is 0 Å². The Balaban J connectivity index is 2.80. The van der Waals surface area contributed by atoms with Gasteiger partial charge in [0.05, 0.1) is 5.25 Å². The largest absolute Gasteiger partial charge is 0.235 e. The first-order valence-electron chi connectivity index (χ1n) is 4.38. The third kappa shape index (κ3) is 3.31. The number of benzene rings is 1. The molecule has 0 heterocycles. The summed E-state index contributed by atoms with van der Waals surface area (Å²) in [5.74, 6) is 0. The van der Waals surface area contributed by atoms with Gasteiger partial charge in [0.2, 0.25) is 9.05 Å². The second-order valence-electron chi connectivity index (χ2n) is 3.48. The monoisotopic (exact) mass is 232 g/mol. The van der Waals surface area contributed by atoms with E-state index in [4.69, 9.17) is 10.7 Å². The average Bonchev–Trinajstić information content (AvgIpc) is 2.02. The average molecular weight is 233 g/mol. The maximum Gasteiger partial charge on any atom is 0.235 e. The molecule has 1 aromatic rings. The van der Waals surface area contributed by atoms with E-state index in [-0.39, 0.29) is 0 Å². The van der Waals surface area contributed by atoms with Crippen LogP contribution in [-0.2, 0) is 15.5 Å². The molecule has 0 saturated carbocycles. The molecule has 0 N–H and O–H groups in total. The van der Waals surface area contributed by atoms with Crippen molar-refractivity contribution in [2.75, 3.05) is 0 Å². The van der Waals surface area contributed by atoms with Gasteiger partial charge in [-0.1, -0.05) is 29.8 Å². The summed E-state index contributed by atoms with van der Waals surface area (Å²) in [6.45, 7) is 3.59. The minimum atomic E-state index is -3.44. The van der Waals surface area contributed by atoms with Crippen LogP contribution in [0.1, 0.15) is 18.1 Å². The lowest BCUT2D eigenvalue weighted by Crippen LogP contribution is -2.14. The lowest BCUT2D eigenvalue weighted by Gasteiger charge is -2.07. The van der Waals surface area contributed by atoms with Crippen molar-refractivity contribution < 1.29 is 8.42 Å². The summed E-state index contributed by atoms with van der Waals surface area (Å²) < 4.78 is 22.0. The van der Waals surface area contributed by atoms with E-state index in [0.29, 0.717) is 6.42 Å². The zero-order chi connectivity index (χ0) is 10.8. The minimum absolute atomic E-state index is 0.466. The predicted molar refractivity (Wildman–Crippen MR) is 59.1 cm³/mol. The first-order valence-corrected chi connectivity index (χ1v) is 6.76. The van der Waals surface area contributed by atoms with E-state index < -0.39 is 14.3 Å². The molecule has 0 spiro atoms. The molecule has 1 atom stereocenters. The molecule has 0 aliphatic rings. The number of aryl methyl sites for hydroxylation is 1. The Morgan fingerprint density at radius 2 is 2.07 bits per heavy atom. The molecular formula is C10H13ClO2S. The number of hydrogen-bond donors (Lipinski definition) is 0. The maximum absolute atomic E-state index is 11.0. The fourth-order valence-electron chi connectivity index (χ4n) is 1.27. The van der Waals surface area contributed by atoms with Crippen molar-refractivity contribution in [1.29, 1.82) is 0 Å². The van der Waals surface area contributed by atoms with Crippen LogP contribution in [0.15, 0.2) is 24.3 Å². The molecule has 0 aliphatic carbocycles. The van der Waals surface area contributed by atoms with E-state index in [1.54, 1.807) is 6.92 Å². The van der Waals surface area contributed by atoms with Crippen LogP contribution in [-0.4, -0.2) is 13.7 Å². The molecule has 14 heavy (non-hydrogen) atoms. The molecule has 0 radical (unpaired) electrons. The van der Waals surface area contributed by atoms with E-state index in [9.17, 15) is 8.42 Å². The summed E-state index contributed by atoms with van der Waals surface area (Å²) in [6.07, 6.45) is 0.466. The lowest BCUT2D eigenvalue weighted by atomic mass is 10.1. The van der Waals surface area contributed by atoms with Gasteiger partial charge in [0, 0.05) is 10.7 Å². The van der Waals surface area contributed by atoms with Crippen molar-refractivity contribution in [1.82, 2.24) is 0 Å². The second-order valence-corrected chi connectivity index (χ2v) is 6.53. The molecule has 0 aromatic heterocycles. The van der Waals surface area contributed by atoms with Crippen LogP contribution in [0.3, 0.4) is 0 Å². The van der Waals surface area contributed by atoms with Gasteiger partial charge in [0.25, 0.3) is 0 Å². The highest BCUT2D eigenvalue weighted by Gasteiger charge is 2.17. The molecule has 1 aromatic carbocycles. The zero-order valence-corrected chi connectivity index (χ0v) is 9.77. The topological polar surface area (TPSA) is 34.1 Å². The van der Waals surface area contributed by atoms with Crippen LogP contribution in [0, 0.1) is 6.92 Å². The van der Waals surface area contributed by atoms with Gasteiger partial charge in [-0.2, -0.15) is 0 Å². The number of halogens is 1. The molecule has 0 saturated heterocycles. The fourth-order valence-corrected chi connectivity index (χ4v) is 1.85. The smallest absolute Gasteiger partial charge is 0.212 e. The van der Waals surface area contributed by atoms with E-state index in [1.807, 2.05) is 31.2 Å². The van der Waals surface area contributed by atoms with Crippen LogP contribution in [0.2, 0.25) is 0 Å². The van der Waals surface area contributed by atoms with Gasteiger partial charge in [-0.05, 0) is 25.8 Å². The highest BCUT2D eigenvalue weighted by atomic mass is 35.7. The molecule has 78 valence electrons. The van der Waals surface area contributed by atoms with E-state index in [1.165, 1.54) is 0 Å². The van der Waals surface area contributed by atoms with E-state index in [2.05, 4.69) is 0 Å². The van der Waals surface area contributed by atoms with Crippen LogP contribution in [0.25, 0.3) is 0 Å². The van der Waals surface area contributed by atoms with Crippen molar-refractivity contribution in [3.05, 3.63) is 35.4 Å². The molecular weight excluding hydrogens is 220 g/mol. The summed E-state index contributed by atoms with van der Waals surface area (Å²) >= 11 is 0. The maximum atomic E-state index is 11.0. The zero-order valence-electron chi connectivity index (χ0n) is 8.20. The minimum Gasteiger partial charge on any atom is -0.212 e. The van der Waals surface area contributed by atoms with Crippen LogP contribution in [0.5, 0.6) is 0 Å². The summed E-state index contributed by atoms with van der Waals surface area (Å²) in [5, 5.41) is -0.536. The first kappa shape index (κ1) is 11.5. The van der Waals surface area contributed by atoms with Gasteiger partial charge in [-0.25, -0.2) is 8.42 Å². The lowest BCUT2D eigenvalue weighted by molar-refractivity contribution is 0.597.